The molecule has 0 bridgehead atoms. The lowest BCUT2D eigenvalue weighted by Gasteiger charge is -2.09. The van der Waals surface area contributed by atoms with Crippen molar-refractivity contribution in [1.29, 1.82) is 0 Å². The molecule has 0 fully saturated rings. The Labute approximate surface area is 143 Å². The Morgan fingerprint density at radius 2 is 1.75 bits per heavy atom. The van der Waals surface area contributed by atoms with Crippen LogP contribution in [0.4, 0.5) is 11.5 Å². The highest BCUT2D eigenvalue weighted by molar-refractivity contribution is 6.30. The SMILES string of the molecule is Oc1ccc(-c2nc3ncccn3c2Nc2ccc(Cl)cc2)cc1. The van der Waals surface area contributed by atoms with Gasteiger partial charge in [-0.3, -0.25) is 4.40 Å². The molecule has 0 aliphatic carbocycles. The molecular formula is C18H13ClN4O. The van der Waals surface area contributed by atoms with Gasteiger partial charge in [0.25, 0.3) is 0 Å². The first-order valence-electron chi connectivity index (χ1n) is 7.36. The Balaban J connectivity index is 1.86. The van der Waals surface area contributed by atoms with Gasteiger partial charge in [-0.05, 0) is 54.6 Å². The van der Waals surface area contributed by atoms with Crippen molar-refractivity contribution < 1.29 is 5.11 Å². The van der Waals surface area contributed by atoms with Crippen molar-refractivity contribution >= 4 is 28.9 Å². The van der Waals surface area contributed by atoms with Gasteiger partial charge in [0.05, 0.1) is 0 Å². The van der Waals surface area contributed by atoms with E-state index < -0.39 is 0 Å². The van der Waals surface area contributed by atoms with Crippen LogP contribution in [0.5, 0.6) is 5.75 Å². The van der Waals surface area contributed by atoms with Gasteiger partial charge < -0.3 is 10.4 Å². The molecule has 0 unspecified atom stereocenters. The molecular weight excluding hydrogens is 324 g/mol. The summed E-state index contributed by atoms with van der Waals surface area (Å²) in [5, 5.41) is 13.6. The maximum Gasteiger partial charge on any atom is 0.235 e. The highest BCUT2D eigenvalue weighted by Gasteiger charge is 2.15. The van der Waals surface area contributed by atoms with E-state index >= 15 is 0 Å². The third-order valence-corrected chi connectivity index (χ3v) is 3.90. The van der Waals surface area contributed by atoms with Gasteiger partial charge in [0.1, 0.15) is 17.3 Å². The summed E-state index contributed by atoms with van der Waals surface area (Å²) in [7, 11) is 0. The molecule has 6 heteroatoms. The minimum Gasteiger partial charge on any atom is -0.508 e. The van der Waals surface area contributed by atoms with E-state index in [2.05, 4.69) is 15.3 Å². The molecule has 0 aliphatic rings. The number of nitrogens with one attached hydrogen (secondary N) is 1. The predicted octanol–water partition coefficient (Wildman–Crippen LogP) is 4.50. The van der Waals surface area contributed by atoms with Crippen LogP contribution in [0.2, 0.25) is 5.02 Å². The van der Waals surface area contributed by atoms with Crippen molar-refractivity contribution in [3.05, 3.63) is 72.0 Å². The molecule has 0 amide bonds. The third-order valence-electron chi connectivity index (χ3n) is 3.65. The number of phenolic OH excluding ortho intramolecular Hbond substituents is 1. The molecule has 0 radical (unpaired) electrons. The first-order valence-corrected chi connectivity index (χ1v) is 7.73. The van der Waals surface area contributed by atoms with Crippen LogP contribution in [0.1, 0.15) is 0 Å². The second kappa shape index (κ2) is 5.86. The van der Waals surface area contributed by atoms with Crippen molar-refractivity contribution in [2.75, 3.05) is 5.32 Å². The summed E-state index contributed by atoms with van der Waals surface area (Å²) >= 11 is 5.95. The second-order valence-electron chi connectivity index (χ2n) is 5.28. The van der Waals surface area contributed by atoms with E-state index in [9.17, 15) is 5.11 Å². The molecule has 2 N–H and O–H groups in total. The van der Waals surface area contributed by atoms with Gasteiger partial charge in [-0.2, -0.15) is 0 Å². The molecule has 5 nitrogen and oxygen atoms in total. The number of benzene rings is 2. The predicted molar refractivity (Wildman–Crippen MR) is 94.8 cm³/mol. The fraction of sp³-hybridized carbons (Fsp3) is 0. The molecule has 2 aromatic heterocycles. The van der Waals surface area contributed by atoms with Gasteiger partial charge in [-0.25, -0.2) is 9.97 Å². The summed E-state index contributed by atoms with van der Waals surface area (Å²) < 4.78 is 1.89. The van der Waals surface area contributed by atoms with E-state index in [1.807, 2.05) is 53.1 Å². The number of hydrogen-bond acceptors (Lipinski definition) is 4. The van der Waals surface area contributed by atoms with E-state index in [0.717, 1.165) is 22.8 Å². The van der Waals surface area contributed by atoms with Gasteiger partial charge in [0, 0.05) is 28.7 Å². The highest BCUT2D eigenvalue weighted by atomic mass is 35.5. The van der Waals surface area contributed by atoms with Crippen LogP contribution >= 0.6 is 11.6 Å². The summed E-state index contributed by atoms with van der Waals surface area (Å²) in [6, 6.07) is 16.2. The summed E-state index contributed by atoms with van der Waals surface area (Å²) in [4.78, 5) is 8.91. The topological polar surface area (TPSA) is 62.5 Å². The molecule has 0 spiro atoms. The van der Waals surface area contributed by atoms with E-state index in [0.29, 0.717) is 10.8 Å². The lowest BCUT2D eigenvalue weighted by Crippen LogP contribution is -1.97. The summed E-state index contributed by atoms with van der Waals surface area (Å²) in [5.41, 5.74) is 2.53. The number of nitrogens with zero attached hydrogens (tertiary/aromatic N) is 3. The standard InChI is InChI=1S/C18H13ClN4O/c19-13-4-6-14(7-5-13)21-17-16(12-2-8-15(24)9-3-12)22-18-20-10-1-11-23(17)18/h1-11,21,24H. The number of hydrogen-bond donors (Lipinski definition) is 2. The van der Waals surface area contributed by atoms with Crippen molar-refractivity contribution in [2.24, 2.45) is 0 Å². The number of phenols is 1. The van der Waals surface area contributed by atoms with Crippen molar-refractivity contribution in [3.63, 3.8) is 0 Å². The van der Waals surface area contributed by atoms with E-state index in [1.54, 1.807) is 18.3 Å². The van der Waals surface area contributed by atoms with Gasteiger partial charge in [0.2, 0.25) is 5.78 Å². The number of aromatic nitrogens is 3. The summed E-state index contributed by atoms with van der Waals surface area (Å²) in [6.07, 6.45) is 3.60. The molecule has 2 heterocycles. The maximum absolute atomic E-state index is 9.51. The van der Waals surface area contributed by atoms with Crippen LogP contribution in [0.25, 0.3) is 17.0 Å². The normalized spacial score (nSPS) is 10.9. The smallest absolute Gasteiger partial charge is 0.235 e. The van der Waals surface area contributed by atoms with Crippen molar-refractivity contribution in [1.82, 2.24) is 14.4 Å². The fourth-order valence-corrected chi connectivity index (χ4v) is 2.62. The summed E-state index contributed by atoms with van der Waals surface area (Å²) in [5.74, 6) is 1.61. The first-order chi connectivity index (χ1) is 11.7. The third kappa shape index (κ3) is 2.66. The average Bonchev–Trinajstić information content (AvgIpc) is 2.96. The first kappa shape index (κ1) is 14.5. The lowest BCUT2D eigenvalue weighted by atomic mass is 10.1. The number of anilines is 2. The zero-order chi connectivity index (χ0) is 16.5. The largest absolute Gasteiger partial charge is 0.508 e. The maximum atomic E-state index is 9.51. The minimum atomic E-state index is 0.216. The average molecular weight is 337 g/mol. The highest BCUT2D eigenvalue weighted by Crippen LogP contribution is 2.31. The molecule has 0 saturated carbocycles. The Bertz CT molecular complexity index is 994. The van der Waals surface area contributed by atoms with Gasteiger partial charge in [-0.1, -0.05) is 11.6 Å². The number of rotatable bonds is 3. The molecule has 118 valence electrons. The Hall–Kier alpha value is -3.05. The lowest BCUT2D eigenvalue weighted by molar-refractivity contribution is 0.475. The molecule has 4 rings (SSSR count). The zero-order valence-corrected chi connectivity index (χ0v) is 13.3. The van der Waals surface area contributed by atoms with E-state index in [4.69, 9.17) is 11.6 Å². The van der Waals surface area contributed by atoms with Crippen LogP contribution in [0.15, 0.2) is 67.0 Å². The quantitative estimate of drug-likeness (QED) is 0.578. The molecule has 4 aromatic rings. The molecule has 0 aliphatic heterocycles. The number of halogens is 1. The van der Waals surface area contributed by atoms with E-state index in [1.165, 1.54) is 0 Å². The van der Waals surface area contributed by atoms with E-state index in [-0.39, 0.29) is 5.75 Å². The Kier molecular flexibility index (Phi) is 3.55. The molecule has 0 atom stereocenters. The number of fused-ring (bicyclic) bond motifs is 1. The Morgan fingerprint density at radius 3 is 2.50 bits per heavy atom. The molecule has 0 saturated heterocycles. The van der Waals surface area contributed by atoms with Gasteiger partial charge in [0.15, 0.2) is 0 Å². The van der Waals surface area contributed by atoms with Crippen LogP contribution in [0, 0.1) is 0 Å². The van der Waals surface area contributed by atoms with Crippen LogP contribution in [-0.4, -0.2) is 19.5 Å². The number of imidazole rings is 1. The van der Waals surface area contributed by atoms with Crippen molar-refractivity contribution in [2.45, 2.75) is 0 Å². The molecule has 2 aromatic carbocycles. The van der Waals surface area contributed by atoms with Gasteiger partial charge in [-0.15, -0.1) is 0 Å². The minimum absolute atomic E-state index is 0.216. The van der Waals surface area contributed by atoms with Crippen LogP contribution in [-0.2, 0) is 0 Å². The van der Waals surface area contributed by atoms with Gasteiger partial charge >= 0.3 is 0 Å². The second-order valence-corrected chi connectivity index (χ2v) is 5.71. The zero-order valence-electron chi connectivity index (χ0n) is 12.5. The number of aromatic hydroxyl groups is 1. The molecule has 24 heavy (non-hydrogen) atoms. The monoisotopic (exact) mass is 336 g/mol. The fourth-order valence-electron chi connectivity index (χ4n) is 2.50. The van der Waals surface area contributed by atoms with Crippen LogP contribution < -0.4 is 5.32 Å². The van der Waals surface area contributed by atoms with Crippen LogP contribution in [0.3, 0.4) is 0 Å². The summed E-state index contributed by atoms with van der Waals surface area (Å²) in [6.45, 7) is 0. The van der Waals surface area contributed by atoms with Crippen molar-refractivity contribution in [3.8, 4) is 17.0 Å². The Morgan fingerprint density at radius 1 is 1.00 bits per heavy atom.